The molecule has 0 spiro atoms. The van der Waals surface area contributed by atoms with Crippen molar-refractivity contribution in [3.8, 4) is 0 Å². The quantitative estimate of drug-likeness (QED) is 0.697. The largest absolute Gasteiger partial charge is 0.444 e. The molecule has 1 aromatic heterocycles. The van der Waals surface area contributed by atoms with Gasteiger partial charge in [0.25, 0.3) is 0 Å². The summed E-state index contributed by atoms with van der Waals surface area (Å²) in [5, 5.41) is 2.65. The highest BCUT2D eigenvalue weighted by atomic mass is 19.4. The van der Waals surface area contributed by atoms with Crippen LogP contribution in [0.1, 0.15) is 45.6 Å². The molecule has 0 aliphatic carbocycles. The van der Waals surface area contributed by atoms with Crippen LogP contribution in [0.15, 0.2) is 12.4 Å². The average molecular weight is 431 g/mol. The number of nitrogens with one attached hydrogen (secondary N) is 1. The van der Waals surface area contributed by atoms with Gasteiger partial charge >= 0.3 is 12.3 Å². The highest BCUT2D eigenvalue weighted by Crippen LogP contribution is 2.28. The molecule has 1 N–H and O–H groups in total. The van der Waals surface area contributed by atoms with E-state index in [9.17, 15) is 22.8 Å². The number of carbonyl (C=O) groups excluding carboxylic acids is 2. The first kappa shape index (κ1) is 23.7. The Balaban J connectivity index is 1.66. The number of amides is 2. The molecule has 8 nitrogen and oxygen atoms in total. The second kappa shape index (κ2) is 9.94. The number of piperazine rings is 1. The zero-order chi connectivity index (χ0) is 22.4. The Labute approximate surface area is 173 Å². The van der Waals surface area contributed by atoms with Crippen LogP contribution in [0.4, 0.5) is 23.9 Å². The SMILES string of the molecule is CC(C)(C)OC(=O)NCCCCC(=O)N1CCN(c2ncc(C(F)(F)F)cn2)CC1. The molecule has 1 aliphatic rings. The number of unbranched alkanes of at least 4 members (excludes halogenated alkanes) is 1. The molecule has 168 valence electrons. The molecule has 2 amide bonds. The number of aromatic nitrogens is 2. The number of rotatable bonds is 6. The van der Waals surface area contributed by atoms with E-state index in [1.807, 2.05) is 0 Å². The maximum atomic E-state index is 12.6. The van der Waals surface area contributed by atoms with E-state index in [1.165, 1.54) is 0 Å². The van der Waals surface area contributed by atoms with E-state index >= 15 is 0 Å². The lowest BCUT2D eigenvalue weighted by Crippen LogP contribution is -2.49. The molecule has 0 aromatic carbocycles. The van der Waals surface area contributed by atoms with Crippen LogP contribution in [-0.4, -0.2) is 65.2 Å². The van der Waals surface area contributed by atoms with Gasteiger partial charge in [-0.3, -0.25) is 4.79 Å². The summed E-state index contributed by atoms with van der Waals surface area (Å²) in [5.41, 5.74) is -1.44. The number of nitrogens with zero attached hydrogens (tertiary/aromatic N) is 4. The van der Waals surface area contributed by atoms with Gasteiger partial charge in [0.2, 0.25) is 11.9 Å². The van der Waals surface area contributed by atoms with E-state index in [0.717, 1.165) is 12.4 Å². The Kier molecular flexibility index (Phi) is 7.85. The number of carbonyl (C=O) groups is 2. The van der Waals surface area contributed by atoms with Crippen LogP contribution in [0.5, 0.6) is 0 Å². The topological polar surface area (TPSA) is 87.7 Å². The number of ether oxygens (including phenoxy) is 1. The fourth-order valence-electron chi connectivity index (χ4n) is 2.85. The number of anilines is 1. The van der Waals surface area contributed by atoms with E-state index in [1.54, 1.807) is 30.6 Å². The van der Waals surface area contributed by atoms with Crippen molar-refractivity contribution in [3.63, 3.8) is 0 Å². The minimum atomic E-state index is -4.47. The molecule has 11 heteroatoms. The summed E-state index contributed by atoms with van der Waals surface area (Å²) in [6.07, 6.45) is -1.74. The van der Waals surface area contributed by atoms with Gasteiger partial charge in [0, 0.05) is 51.5 Å². The van der Waals surface area contributed by atoms with Crippen LogP contribution in [0, 0.1) is 0 Å². The van der Waals surface area contributed by atoms with Crippen molar-refractivity contribution in [2.24, 2.45) is 0 Å². The van der Waals surface area contributed by atoms with Gasteiger partial charge in [0.05, 0.1) is 5.56 Å². The lowest BCUT2D eigenvalue weighted by molar-refractivity contribution is -0.138. The molecule has 0 saturated carbocycles. The summed E-state index contributed by atoms with van der Waals surface area (Å²) >= 11 is 0. The molecule has 0 unspecified atom stereocenters. The van der Waals surface area contributed by atoms with Crippen LogP contribution in [0.2, 0.25) is 0 Å². The van der Waals surface area contributed by atoms with Gasteiger partial charge in [0.1, 0.15) is 5.60 Å². The van der Waals surface area contributed by atoms with Crippen LogP contribution in [0.25, 0.3) is 0 Å². The molecular formula is C19H28F3N5O3. The van der Waals surface area contributed by atoms with E-state index in [0.29, 0.717) is 52.0 Å². The van der Waals surface area contributed by atoms with E-state index < -0.39 is 23.4 Å². The van der Waals surface area contributed by atoms with E-state index in [-0.39, 0.29) is 11.9 Å². The van der Waals surface area contributed by atoms with Gasteiger partial charge in [-0.25, -0.2) is 14.8 Å². The van der Waals surface area contributed by atoms with Gasteiger partial charge in [-0.1, -0.05) is 0 Å². The molecule has 1 aliphatic heterocycles. The second-order valence-corrected chi connectivity index (χ2v) is 8.02. The molecule has 0 atom stereocenters. The molecule has 1 fully saturated rings. The first-order valence-electron chi connectivity index (χ1n) is 9.84. The second-order valence-electron chi connectivity index (χ2n) is 8.02. The summed E-state index contributed by atoms with van der Waals surface area (Å²) < 4.78 is 42.9. The highest BCUT2D eigenvalue weighted by molar-refractivity contribution is 5.76. The Bertz CT molecular complexity index is 712. The molecule has 1 saturated heterocycles. The standard InChI is InChI=1S/C19H28F3N5O3/c1-18(2,3)30-17(29)23-7-5-4-6-15(28)26-8-10-27(11-9-26)16-24-12-14(13-25-16)19(20,21)22/h12-13H,4-11H2,1-3H3,(H,23,29). The van der Waals surface area contributed by atoms with Crippen molar-refractivity contribution in [1.82, 2.24) is 20.2 Å². The molecule has 2 rings (SSSR count). The van der Waals surface area contributed by atoms with Gasteiger partial charge in [-0.2, -0.15) is 13.2 Å². The van der Waals surface area contributed by atoms with Crippen molar-refractivity contribution >= 4 is 17.9 Å². The number of alkyl carbamates (subject to hydrolysis) is 1. The fourth-order valence-corrected chi connectivity index (χ4v) is 2.85. The van der Waals surface area contributed by atoms with Crippen LogP contribution < -0.4 is 10.2 Å². The lowest BCUT2D eigenvalue weighted by Gasteiger charge is -2.34. The Morgan fingerprint density at radius 1 is 1.07 bits per heavy atom. The third-order valence-electron chi connectivity index (χ3n) is 4.37. The Morgan fingerprint density at radius 3 is 2.20 bits per heavy atom. The number of hydrogen-bond donors (Lipinski definition) is 1. The fraction of sp³-hybridized carbons (Fsp3) is 0.684. The third kappa shape index (κ3) is 7.68. The number of alkyl halides is 3. The Hall–Kier alpha value is -2.59. The first-order chi connectivity index (χ1) is 14.0. The normalized spacial score (nSPS) is 15.1. The lowest BCUT2D eigenvalue weighted by atomic mass is 10.2. The van der Waals surface area contributed by atoms with E-state index in [2.05, 4.69) is 15.3 Å². The highest BCUT2D eigenvalue weighted by Gasteiger charge is 2.32. The van der Waals surface area contributed by atoms with Gasteiger partial charge in [-0.05, 0) is 33.6 Å². The summed E-state index contributed by atoms with van der Waals surface area (Å²) in [5.74, 6) is 0.239. The maximum Gasteiger partial charge on any atom is 0.419 e. The summed E-state index contributed by atoms with van der Waals surface area (Å²) in [6, 6.07) is 0. The number of hydrogen-bond acceptors (Lipinski definition) is 6. The minimum Gasteiger partial charge on any atom is -0.444 e. The van der Waals surface area contributed by atoms with Gasteiger partial charge in [0.15, 0.2) is 0 Å². The zero-order valence-electron chi connectivity index (χ0n) is 17.5. The summed E-state index contributed by atoms with van der Waals surface area (Å²) in [7, 11) is 0. The van der Waals surface area contributed by atoms with Crippen molar-refractivity contribution in [1.29, 1.82) is 0 Å². The smallest absolute Gasteiger partial charge is 0.419 e. The minimum absolute atomic E-state index is 0.0141. The average Bonchev–Trinajstić information content (AvgIpc) is 2.66. The summed E-state index contributed by atoms with van der Waals surface area (Å²) in [4.78, 5) is 34.9. The van der Waals surface area contributed by atoms with Gasteiger partial charge in [-0.15, -0.1) is 0 Å². The predicted molar refractivity (Wildman–Crippen MR) is 104 cm³/mol. The molecule has 0 radical (unpaired) electrons. The van der Waals surface area contributed by atoms with Crippen molar-refractivity contribution in [3.05, 3.63) is 18.0 Å². The van der Waals surface area contributed by atoms with Gasteiger partial charge < -0.3 is 19.9 Å². The molecule has 2 heterocycles. The maximum absolute atomic E-state index is 12.6. The van der Waals surface area contributed by atoms with Crippen LogP contribution >= 0.6 is 0 Å². The van der Waals surface area contributed by atoms with E-state index in [4.69, 9.17) is 4.74 Å². The Morgan fingerprint density at radius 2 is 1.67 bits per heavy atom. The van der Waals surface area contributed by atoms with Crippen molar-refractivity contribution in [2.45, 2.75) is 51.8 Å². The van der Waals surface area contributed by atoms with Crippen LogP contribution in [-0.2, 0) is 15.7 Å². The first-order valence-corrected chi connectivity index (χ1v) is 9.84. The van der Waals surface area contributed by atoms with Crippen molar-refractivity contribution < 1.29 is 27.5 Å². The molecule has 0 bridgehead atoms. The molecule has 1 aromatic rings. The van der Waals surface area contributed by atoms with Crippen molar-refractivity contribution in [2.75, 3.05) is 37.6 Å². The predicted octanol–water partition coefficient (Wildman–Crippen LogP) is 2.84. The van der Waals surface area contributed by atoms with Crippen LogP contribution in [0.3, 0.4) is 0 Å². The molecule has 30 heavy (non-hydrogen) atoms. The summed E-state index contributed by atoms with van der Waals surface area (Å²) in [6.45, 7) is 7.62. The number of halogens is 3. The zero-order valence-corrected chi connectivity index (χ0v) is 17.5. The molecular weight excluding hydrogens is 403 g/mol. The monoisotopic (exact) mass is 431 g/mol. The third-order valence-corrected chi connectivity index (χ3v) is 4.37.